The number of ether oxygens (including phenoxy) is 1. The lowest BCUT2D eigenvalue weighted by Gasteiger charge is -2.30. The first kappa shape index (κ1) is 18.5. The van der Waals surface area contributed by atoms with Crippen molar-refractivity contribution in [3.8, 4) is 0 Å². The van der Waals surface area contributed by atoms with Gasteiger partial charge in [-0.25, -0.2) is 0 Å². The van der Waals surface area contributed by atoms with Gasteiger partial charge in [0.1, 0.15) is 0 Å². The zero-order chi connectivity index (χ0) is 16.2. The summed E-state index contributed by atoms with van der Waals surface area (Å²) in [6.07, 6.45) is 12.2. The van der Waals surface area contributed by atoms with Crippen molar-refractivity contribution in [2.45, 2.75) is 57.8 Å². The molecule has 1 fully saturated rings. The van der Waals surface area contributed by atoms with Crippen LogP contribution in [0.15, 0.2) is 30.3 Å². The Morgan fingerprint density at radius 2 is 1.83 bits per heavy atom. The number of benzene rings is 1. The highest BCUT2D eigenvalue weighted by Gasteiger charge is 2.23. The summed E-state index contributed by atoms with van der Waals surface area (Å²) < 4.78 is 5.10. The highest BCUT2D eigenvalue weighted by molar-refractivity contribution is 5.15. The van der Waals surface area contributed by atoms with E-state index in [1.165, 1.54) is 69.9 Å². The Kier molecular flexibility index (Phi) is 9.35. The Hall–Kier alpha value is -0.860. The monoisotopic (exact) mass is 317 g/mol. The predicted molar refractivity (Wildman–Crippen MR) is 98.8 cm³/mol. The molecule has 1 aliphatic carbocycles. The van der Waals surface area contributed by atoms with E-state index in [2.05, 4.69) is 35.6 Å². The van der Waals surface area contributed by atoms with E-state index in [0.29, 0.717) is 0 Å². The van der Waals surface area contributed by atoms with Gasteiger partial charge >= 0.3 is 0 Å². The van der Waals surface area contributed by atoms with Gasteiger partial charge in [-0.15, -0.1) is 0 Å². The standard InChI is InChI=1S/C21H35NO/c1-23-17-9-8-15-22-16-14-21(20-12-6-3-7-13-20)18-19-10-4-2-5-11-19/h2,4-5,10-11,20-22H,3,6-9,12-18H2,1H3. The molecule has 2 nitrogen and oxygen atoms in total. The second-order valence-electron chi connectivity index (χ2n) is 7.09. The van der Waals surface area contributed by atoms with E-state index in [9.17, 15) is 0 Å². The Morgan fingerprint density at radius 3 is 2.57 bits per heavy atom. The maximum atomic E-state index is 5.10. The molecule has 0 aliphatic heterocycles. The third-order valence-electron chi connectivity index (χ3n) is 5.30. The van der Waals surface area contributed by atoms with Gasteiger partial charge in [0, 0.05) is 13.7 Å². The summed E-state index contributed by atoms with van der Waals surface area (Å²) in [6.45, 7) is 3.19. The Bertz CT molecular complexity index is 386. The van der Waals surface area contributed by atoms with Crippen LogP contribution in [0.1, 0.15) is 56.9 Å². The van der Waals surface area contributed by atoms with Gasteiger partial charge in [0.15, 0.2) is 0 Å². The van der Waals surface area contributed by atoms with Crippen molar-refractivity contribution in [3.05, 3.63) is 35.9 Å². The van der Waals surface area contributed by atoms with Crippen LogP contribution in [-0.4, -0.2) is 26.8 Å². The van der Waals surface area contributed by atoms with Crippen LogP contribution in [0.5, 0.6) is 0 Å². The minimum atomic E-state index is 0.851. The van der Waals surface area contributed by atoms with Gasteiger partial charge in [0.05, 0.1) is 0 Å². The summed E-state index contributed by atoms with van der Waals surface area (Å²) in [6, 6.07) is 11.1. The van der Waals surface area contributed by atoms with Crippen molar-refractivity contribution < 1.29 is 4.74 Å². The maximum Gasteiger partial charge on any atom is 0.0462 e. The molecule has 23 heavy (non-hydrogen) atoms. The van der Waals surface area contributed by atoms with Crippen molar-refractivity contribution in [1.82, 2.24) is 5.32 Å². The van der Waals surface area contributed by atoms with Gasteiger partial charge in [-0.05, 0) is 56.2 Å². The highest BCUT2D eigenvalue weighted by Crippen LogP contribution is 2.33. The number of methoxy groups -OCH3 is 1. The second kappa shape index (κ2) is 11.6. The molecule has 2 heteroatoms. The summed E-state index contributed by atoms with van der Waals surface area (Å²) in [7, 11) is 1.78. The van der Waals surface area contributed by atoms with E-state index in [0.717, 1.165) is 25.0 Å². The van der Waals surface area contributed by atoms with Crippen LogP contribution in [-0.2, 0) is 11.2 Å². The molecule has 0 amide bonds. The van der Waals surface area contributed by atoms with Gasteiger partial charge in [-0.1, -0.05) is 62.4 Å². The van der Waals surface area contributed by atoms with Crippen LogP contribution in [0.4, 0.5) is 0 Å². The SMILES string of the molecule is COCCCCNCCC(Cc1ccccc1)C1CCCCC1. The average molecular weight is 318 g/mol. The molecular weight excluding hydrogens is 282 g/mol. The maximum absolute atomic E-state index is 5.10. The fourth-order valence-corrected chi connectivity index (χ4v) is 3.94. The minimum Gasteiger partial charge on any atom is -0.385 e. The predicted octanol–water partition coefficient (Wildman–Crippen LogP) is 4.83. The molecule has 2 rings (SSSR count). The number of nitrogens with one attached hydrogen (secondary N) is 1. The van der Waals surface area contributed by atoms with E-state index in [1.54, 1.807) is 7.11 Å². The second-order valence-corrected chi connectivity index (χ2v) is 7.09. The highest BCUT2D eigenvalue weighted by atomic mass is 16.5. The van der Waals surface area contributed by atoms with E-state index >= 15 is 0 Å². The van der Waals surface area contributed by atoms with E-state index in [1.807, 2.05) is 0 Å². The zero-order valence-corrected chi connectivity index (χ0v) is 14.9. The molecule has 1 unspecified atom stereocenters. The van der Waals surface area contributed by atoms with Gasteiger partial charge in [0.25, 0.3) is 0 Å². The molecule has 1 atom stereocenters. The van der Waals surface area contributed by atoms with E-state index in [4.69, 9.17) is 4.74 Å². The van der Waals surface area contributed by atoms with Crippen LogP contribution in [0.25, 0.3) is 0 Å². The normalized spacial score (nSPS) is 17.3. The summed E-state index contributed by atoms with van der Waals surface area (Å²) in [5, 5.41) is 3.64. The van der Waals surface area contributed by atoms with E-state index in [-0.39, 0.29) is 0 Å². The molecule has 1 N–H and O–H groups in total. The van der Waals surface area contributed by atoms with Gasteiger partial charge in [0.2, 0.25) is 0 Å². The Morgan fingerprint density at radius 1 is 1.04 bits per heavy atom. The molecule has 1 aliphatic rings. The molecule has 0 heterocycles. The largest absolute Gasteiger partial charge is 0.385 e. The fourth-order valence-electron chi connectivity index (χ4n) is 3.94. The van der Waals surface area contributed by atoms with Gasteiger partial charge < -0.3 is 10.1 Å². The molecule has 0 radical (unpaired) electrons. The first-order chi connectivity index (χ1) is 11.4. The van der Waals surface area contributed by atoms with Gasteiger partial charge in [-0.3, -0.25) is 0 Å². The molecule has 0 saturated heterocycles. The lowest BCUT2D eigenvalue weighted by Crippen LogP contribution is -2.26. The third kappa shape index (κ3) is 7.50. The summed E-state index contributed by atoms with van der Waals surface area (Å²) >= 11 is 0. The van der Waals surface area contributed by atoms with Crippen LogP contribution >= 0.6 is 0 Å². The molecule has 0 bridgehead atoms. The fraction of sp³-hybridized carbons (Fsp3) is 0.714. The van der Waals surface area contributed by atoms with Crippen molar-refractivity contribution >= 4 is 0 Å². The number of hydrogen-bond donors (Lipinski definition) is 1. The van der Waals surface area contributed by atoms with Crippen LogP contribution in [0, 0.1) is 11.8 Å². The lowest BCUT2D eigenvalue weighted by atomic mass is 9.76. The first-order valence-electron chi connectivity index (χ1n) is 9.63. The molecule has 130 valence electrons. The average Bonchev–Trinajstić information content (AvgIpc) is 2.61. The van der Waals surface area contributed by atoms with Crippen molar-refractivity contribution in [2.24, 2.45) is 11.8 Å². The Balaban J connectivity index is 1.74. The van der Waals surface area contributed by atoms with Crippen LogP contribution < -0.4 is 5.32 Å². The minimum absolute atomic E-state index is 0.851. The lowest BCUT2D eigenvalue weighted by molar-refractivity contribution is 0.192. The molecule has 1 aromatic rings. The molecule has 1 aromatic carbocycles. The third-order valence-corrected chi connectivity index (χ3v) is 5.30. The summed E-state index contributed by atoms with van der Waals surface area (Å²) in [4.78, 5) is 0. The number of unbranched alkanes of at least 4 members (excludes halogenated alkanes) is 1. The van der Waals surface area contributed by atoms with Crippen LogP contribution in [0.3, 0.4) is 0 Å². The number of rotatable bonds is 11. The topological polar surface area (TPSA) is 21.3 Å². The van der Waals surface area contributed by atoms with Crippen molar-refractivity contribution in [2.75, 3.05) is 26.8 Å². The first-order valence-corrected chi connectivity index (χ1v) is 9.63. The summed E-state index contributed by atoms with van der Waals surface area (Å²) in [5.74, 6) is 1.79. The molecular formula is C21H35NO. The smallest absolute Gasteiger partial charge is 0.0462 e. The molecule has 0 aromatic heterocycles. The van der Waals surface area contributed by atoms with Crippen molar-refractivity contribution in [1.29, 1.82) is 0 Å². The molecule has 0 spiro atoms. The van der Waals surface area contributed by atoms with Crippen LogP contribution in [0.2, 0.25) is 0 Å². The van der Waals surface area contributed by atoms with E-state index < -0.39 is 0 Å². The summed E-state index contributed by atoms with van der Waals surface area (Å²) in [5.41, 5.74) is 1.52. The van der Waals surface area contributed by atoms with Crippen molar-refractivity contribution in [3.63, 3.8) is 0 Å². The Labute approximate surface area is 143 Å². The molecule has 1 saturated carbocycles. The number of hydrogen-bond acceptors (Lipinski definition) is 2. The van der Waals surface area contributed by atoms with Gasteiger partial charge in [-0.2, -0.15) is 0 Å². The zero-order valence-electron chi connectivity index (χ0n) is 14.9. The quantitative estimate of drug-likeness (QED) is 0.590.